The molecule has 1 saturated heterocycles. The highest BCUT2D eigenvalue weighted by molar-refractivity contribution is 4.69. The van der Waals surface area contributed by atoms with E-state index < -0.39 is 6.29 Å². The van der Waals surface area contributed by atoms with Gasteiger partial charge < -0.3 is 15.2 Å². The molecule has 1 aliphatic rings. The van der Waals surface area contributed by atoms with Gasteiger partial charge in [-0.05, 0) is 38.8 Å². The first-order chi connectivity index (χ1) is 5.83. The number of rotatable bonds is 4. The van der Waals surface area contributed by atoms with Gasteiger partial charge in [0, 0.05) is 13.0 Å². The Labute approximate surface area is 74.1 Å². The molecule has 0 bridgehead atoms. The summed E-state index contributed by atoms with van der Waals surface area (Å²) in [5.74, 6) is 0.597. The Balaban J connectivity index is 2.11. The van der Waals surface area contributed by atoms with Crippen LogP contribution in [-0.2, 0) is 4.74 Å². The summed E-state index contributed by atoms with van der Waals surface area (Å²) in [6.07, 6.45) is 2.67. The Kier molecular flexibility index (Phi) is 4.58. The molecule has 0 saturated carbocycles. The van der Waals surface area contributed by atoms with Crippen LogP contribution in [0.3, 0.4) is 0 Å². The van der Waals surface area contributed by atoms with E-state index >= 15 is 0 Å². The third-order valence-corrected chi connectivity index (χ3v) is 2.29. The van der Waals surface area contributed by atoms with Crippen LogP contribution in [0.4, 0.5) is 0 Å². The van der Waals surface area contributed by atoms with Crippen molar-refractivity contribution in [2.45, 2.75) is 32.5 Å². The van der Waals surface area contributed by atoms with Gasteiger partial charge in [-0.2, -0.15) is 0 Å². The summed E-state index contributed by atoms with van der Waals surface area (Å²) in [6.45, 7) is 4.66. The first kappa shape index (κ1) is 9.96. The van der Waals surface area contributed by atoms with E-state index in [1.165, 1.54) is 12.8 Å². The van der Waals surface area contributed by atoms with Crippen LogP contribution in [0.2, 0.25) is 0 Å². The molecule has 3 heteroatoms. The average Bonchev–Trinajstić information content (AvgIpc) is 2.06. The fourth-order valence-corrected chi connectivity index (χ4v) is 1.67. The van der Waals surface area contributed by atoms with Gasteiger partial charge in [-0.15, -0.1) is 0 Å². The van der Waals surface area contributed by atoms with E-state index in [4.69, 9.17) is 4.74 Å². The summed E-state index contributed by atoms with van der Waals surface area (Å²) in [6, 6.07) is 0. The van der Waals surface area contributed by atoms with Gasteiger partial charge in [0.25, 0.3) is 0 Å². The molecule has 1 rings (SSSR count). The highest BCUT2D eigenvalue weighted by Gasteiger charge is 2.16. The molecule has 1 aliphatic heterocycles. The molecule has 0 radical (unpaired) electrons. The summed E-state index contributed by atoms with van der Waals surface area (Å²) in [7, 11) is 0. The predicted octanol–water partition coefficient (Wildman–Crippen LogP) is 0.731. The second-order valence-electron chi connectivity index (χ2n) is 3.36. The van der Waals surface area contributed by atoms with E-state index in [0.717, 1.165) is 19.5 Å². The SMILES string of the molecule is CCOC(O)C[C@@H]1CCCNC1. The number of piperidine rings is 1. The van der Waals surface area contributed by atoms with Crippen LogP contribution in [0, 0.1) is 5.92 Å². The third kappa shape index (κ3) is 3.52. The standard InChI is InChI=1S/C9H19NO2/c1-2-12-9(11)6-8-4-3-5-10-7-8/h8-11H,2-7H2,1H3/t8-,9?/m0/s1. The summed E-state index contributed by atoms with van der Waals surface area (Å²) < 4.78 is 5.07. The van der Waals surface area contributed by atoms with E-state index in [2.05, 4.69) is 5.32 Å². The topological polar surface area (TPSA) is 41.5 Å². The van der Waals surface area contributed by atoms with E-state index in [1.54, 1.807) is 0 Å². The van der Waals surface area contributed by atoms with Gasteiger partial charge in [-0.1, -0.05) is 0 Å². The molecular formula is C9H19NO2. The molecule has 2 N–H and O–H groups in total. The number of nitrogens with one attached hydrogen (secondary N) is 1. The van der Waals surface area contributed by atoms with Crippen molar-refractivity contribution < 1.29 is 9.84 Å². The van der Waals surface area contributed by atoms with Crippen molar-refractivity contribution in [2.24, 2.45) is 5.92 Å². The Morgan fingerprint density at radius 2 is 2.50 bits per heavy atom. The molecule has 0 aromatic carbocycles. The lowest BCUT2D eigenvalue weighted by molar-refractivity contribution is -0.108. The zero-order valence-corrected chi connectivity index (χ0v) is 7.75. The second kappa shape index (κ2) is 5.51. The fraction of sp³-hybridized carbons (Fsp3) is 1.00. The lowest BCUT2D eigenvalue weighted by Gasteiger charge is -2.24. The molecule has 3 nitrogen and oxygen atoms in total. The van der Waals surface area contributed by atoms with E-state index in [-0.39, 0.29) is 0 Å². The molecule has 1 heterocycles. The highest BCUT2D eigenvalue weighted by atomic mass is 16.6. The number of aliphatic hydroxyl groups is 1. The maximum absolute atomic E-state index is 9.35. The normalized spacial score (nSPS) is 27.0. The smallest absolute Gasteiger partial charge is 0.154 e. The quantitative estimate of drug-likeness (QED) is 0.616. The monoisotopic (exact) mass is 173 g/mol. The van der Waals surface area contributed by atoms with E-state index in [0.29, 0.717) is 12.5 Å². The second-order valence-corrected chi connectivity index (χ2v) is 3.36. The average molecular weight is 173 g/mol. The maximum atomic E-state index is 9.35. The highest BCUT2D eigenvalue weighted by Crippen LogP contribution is 2.16. The minimum atomic E-state index is -0.556. The molecule has 1 fully saturated rings. The van der Waals surface area contributed by atoms with Crippen molar-refractivity contribution in [3.63, 3.8) is 0 Å². The molecule has 1 unspecified atom stereocenters. The van der Waals surface area contributed by atoms with Crippen LogP contribution in [0.25, 0.3) is 0 Å². The molecule has 0 amide bonds. The number of ether oxygens (including phenoxy) is 1. The van der Waals surface area contributed by atoms with Gasteiger partial charge in [0.2, 0.25) is 0 Å². The van der Waals surface area contributed by atoms with Gasteiger partial charge >= 0.3 is 0 Å². The van der Waals surface area contributed by atoms with Crippen LogP contribution < -0.4 is 5.32 Å². The van der Waals surface area contributed by atoms with Crippen molar-refractivity contribution in [3.8, 4) is 0 Å². The predicted molar refractivity (Wildman–Crippen MR) is 47.8 cm³/mol. The Hall–Kier alpha value is -0.120. The van der Waals surface area contributed by atoms with Crippen LogP contribution in [-0.4, -0.2) is 31.1 Å². The van der Waals surface area contributed by atoms with Crippen molar-refractivity contribution in [3.05, 3.63) is 0 Å². The van der Waals surface area contributed by atoms with Crippen LogP contribution in [0.1, 0.15) is 26.2 Å². The molecule has 0 aromatic rings. The summed E-state index contributed by atoms with van der Waals surface area (Å²) >= 11 is 0. The fourth-order valence-electron chi connectivity index (χ4n) is 1.67. The van der Waals surface area contributed by atoms with Crippen molar-refractivity contribution in [1.82, 2.24) is 5.32 Å². The summed E-state index contributed by atoms with van der Waals surface area (Å²) in [4.78, 5) is 0. The Morgan fingerprint density at radius 1 is 1.67 bits per heavy atom. The molecule has 0 aromatic heterocycles. The number of hydrogen-bond acceptors (Lipinski definition) is 3. The zero-order valence-electron chi connectivity index (χ0n) is 7.75. The lowest BCUT2D eigenvalue weighted by atomic mass is 9.96. The first-order valence-corrected chi connectivity index (χ1v) is 4.83. The van der Waals surface area contributed by atoms with Gasteiger partial charge in [-0.25, -0.2) is 0 Å². The molecular weight excluding hydrogens is 154 g/mol. The van der Waals surface area contributed by atoms with E-state index in [1.807, 2.05) is 6.92 Å². The lowest BCUT2D eigenvalue weighted by Crippen LogP contribution is -2.32. The minimum Gasteiger partial charge on any atom is -0.368 e. The third-order valence-electron chi connectivity index (χ3n) is 2.29. The molecule has 0 spiro atoms. The Bertz CT molecular complexity index is 113. The van der Waals surface area contributed by atoms with Gasteiger partial charge in [0.05, 0.1) is 0 Å². The van der Waals surface area contributed by atoms with E-state index in [9.17, 15) is 5.11 Å². The van der Waals surface area contributed by atoms with Crippen LogP contribution in [0.15, 0.2) is 0 Å². The molecule has 0 aliphatic carbocycles. The van der Waals surface area contributed by atoms with Crippen molar-refractivity contribution in [2.75, 3.05) is 19.7 Å². The van der Waals surface area contributed by atoms with Crippen molar-refractivity contribution >= 4 is 0 Å². The summed E-state index contributed by atoms with van der Waals surface area (Å²) in [5, 5.41) is 12.7. The van der Waals surface area contributed by atoms with Crippen LogP contribution in [0.5, 0.6) is 0 Å². The van der Waals surface area contributed by atoms with Crippen LogP contribution >= 0.6 is 0 Å². The molecule has 12 heavy (non-hydrogen) atoms. The largest absolute Gasteiger partial charge is 0.368 e. The maximum Gasteiger partial charge on any atom is 0.154 e. The summed E-state index contributed by atoms with van der Waals surface area (Å²) in [5.41, 5.74) is 0. The van der Waals surface area contributed by atoms with Gasteiger partial charge in [0.15, 0.2) is 6.29 Å². The number of hydrogen-bond donors (Lipinski definition) is 2. The molecule has 2 atom stereocenters. The minimum absolute atomic E-state index is 0.556. The Morgan fingerprint density at radius 3 is 3.08 bits per heavy atom. The van der Waals surface area contributed by atoms with Gasteiger partial charge in [0.1, 0.15) is 0 Å². The first-order valence-electron chi connectivity index (χ1n) is 4.83. The molecule has 72 valence electrons. The van der Waals surface area contributed by atoms with Crippen molar-refractivity contribution in [1.29, 1.82) is 0 Å². The number of aliphatic hydroxyl groups excluding tert-OH is 1. The zero-order chi connectivity index (χ0) is 8.81. The van der Waals surface area contributed by atoms with Gasteiger partial charge in [-0.3, -0.25) is 0 Å².